The fourth-order valence-corrected chi connectivity index (χ4v) is 6.18. The van der Waals surface area contributed by atoms with E-state index in [0.717, 1.165) is 35.5 Å². The van der Waals surface area contributed by atoms with E-state index in [1.807, 2.05) is 77.4 Å². The average Bonchev–Trinajstić information content (AvgIpc) is 3.03. The number of fused-ring (bicyclic) bond motifs is 4. The number of methoxy groups -OCH3 is 1. The van der Waals surface area contributed by atoms with Gasteiger partial charge in [-0.15, -0.1) is 0 Å². The largest absolute Gasteiger partial charge is 0.496 e. The number of hydrogen-bond acceptors (Lipinski definition) is 5. The third kappa shape index (κ3) is 6.23. The molecule has 2 aliphatic heterocycles. The van der Waals surface area contributed by atoms with Crippen LogP contribution in [-0.4, -0.2) is 36.6 Å². The van der Waals surface area contributed by atoms with Gasteiger partial charge in [-0.2, -0.15) is 0 Å². The summed E-state index contributed by atoms with van der Waals surface area (Å²) in [5.74, 6) is 0.668. The molecule has 1 saturated heterocycles. The molecule has 8 nitrogen and oxygen atoms in total. The van der Waals surface area contributed by atoms with Crippen molar-refractivity contribution in [3.63, 3.8) is 0 Å². The zero-order valence-electron chi connectivity index (χ0n) is 24.0. The second kappa shape index (κ2) is 12.4. The number of amides is 2. The number of para-hydroxylation sites is 1. The maximum Gasteiger partial charge on any atom is 0.251 e. The van der Waals surface area contributed by atoms with Gasteiger partial charge in [-0.25, -0.2) is 0 Å². The van der Waals surface area contributed by atoms with Crippen molar-refractivity contribution in [2.45, 2.75) is 25.4 Å². The minimum absolute atomic E-state index is 0.0438. The van der Waals surface area contributed by atoms with E-state index >= 15 is 0 Å². The van der Waals surface area contributed by atoms with Crippen LogP contribution in [0.2, 0.25) is 0 Å². The SMILES string of the molecule is COc1ccccc1CNC(=O)c1ccc(N2CC3CC(C2)c2cccc(=O)n2C3)c(NC(=O)C=Cc2ccccc2)c1. The van der Waals surface area contributed by atoms with Crippen molar-refractivity contribution in [3.8, 4) is 5.75 Å². The fourth-order valence-electron chi connectivity index (χ4n) is 6.18. The normalized spacial score (nSPS) is 17.3. The molecule has 0 saturated carbocycles. The van der Waals surface area contributed by atoms with Crippen molar-refractivity contribution in [1.29, 1.82) is 0 Å². The molecule has 3 heterocycles. The summed E-state index contributed by atoms with van der Waals surface area (Å²) >= 11 is 0. The van der Waals surface area contributed by atoms with Gasteiger partial charge in [0.05, 0.1) is 18.5 Å². The summed E-state index contributed by atoms with van der Waals surface area (Å²) in [6, 6.07) is 28.1. The number of pyridine rings is 1. The number of aromatic nitrogens is 1. The highest BCUT2D eigenvalue weighted by atomic mass is 16.5. The monoisotopic (exact) mass is 574 g/mol. The van der Waals surface area contributed by atoms with Crippen LogP contribution in [0.25, 0.3) is 6.08 Å². The zero-order valence-corrected chi connectivity index (χ0v) is 24.0. The maximum atomic E-state index is 13.3. The minimum atomic E-state index is -0.286. The molecule has 2 N–H and O–H groups in total. The quantitative estimate of drug-likeness (QED) is 0.287. The Labute approximate surface area is 250 Å². The first-order chi connectivity index (χ1) is 21.0. The Hall–Kier alpha value is -5.11. The predicted octanol–water partition coefficient (Wildman–Crippen LogP) is 5.06. The summed E-state index contributed by atoms with van der Waals surface area (Å²) < 4.78 is 7.32. The van der Waals surface area contributed by atoms with E-state index in [9.17, 15) is 14.4 Å². The molecule has 43 heavy (non-hydrogen) atoms. The molecular formula is C35H34N4O4. The summed E-state index contributed by atoms with van der Waals surface area (Å²) in [6.45, 7) is 2.44. The molecule has 1 aromatic heterocycles. The van der Waals surface area contributed by atoms with E-state index in [2.05, 4.69) is 15.5 Å². The zero-order chi connectivity index (χ0) is 29.8. The Kier molecular flexibility index (Phi) is 8.09. The Morgan fingerprint density at radius 1 is 0.930 bits per heavy atom. The number of carbonyl (C=O) groups excluding carboxylic acids is 2. The van der Waals surface area contributed by atoms with Gasteiger partial charge in [-0.3, -0.25) is 14.4 Å². The summed E-state index contributed by atoms with van der Waals surface area (Å²) in [5.41, 5.74) is 4.74. The number of piperidine rings is 1. The van der Waals surface area contributed by atoms with Crippen LogP contribution < -0.4 is 25.8 Å². The van der Waals surface area contributed by atoms with Crippen LogP contribution in [0.3, 0.4) is 0 Å². The van der Waals surface area contributed by atoms with Crippen LogP contribution >= 0.6 is 0 Å². The highest BCUT2D eigenvalue weighted by Crippen LogP contribution is 2.39. The first-order valence-corrected chi connectivity index (χ1v) is 14.5. The van der Waals surface area contributed by atoms with Crippen molar-refractivity contribution in [2.75, 3.05) is 30.4 Å². The van der Waals surface area contributed by atoms with Gasteiger partial charge in [0.25, 0.3) is 11.5 Å². The molecule has 2 aliphatic rings. The van der Waals surface area contributed by atoms with Gasteiger partial charge < -0.3 is 24.8 Å². The predicted molar refractivity (Wildman–Crippen MR) is 168 cm³/mol. The molecule has 2 atom stereocenters. The van der Waals surface area contributed by atoms with Crippen molar-refractivity contribution in [1.82, 2.24) is 9.88 Å². The van der Waals surface area contributed by atoms with Gasteiger partial charge in [-0.1, -0.05) is 54.6 Å². The van der Waals surface area contributed by atoms with Gasteiger partial charge >= 0.3 is 0 Å². The first kappa shape index (κ1) is 28.0. The number of anilines is 2. The lowest BCUT2D eigenvalue weighted by Crippen LogP contribution is -2.47. The van der Waals surface area contributed by atoms with Gasteiger partial charge in [0.2, 0.25) is 5.91 Å². The lowest BCUT2D eigenvalue weighted by atomic mass is 9.83. The molecule has 2 unspecified atom stereocenters. The number of hydrogen-bond donors (Lipinski definition) is 2. The topological polar surface area (TPSA) is 92.7 Å². The minimum Gasteiger partial charge on any atom is -0.496 e. The van der Waals surface area contributed by atoms with Crippen LogP contribution in [0.1, 0.15) is 39.5 Å². The average molecular weight is 575 g/mol. The highest BCUT2D eigenvalue weighted by molar-refractivity contribution is 6.05. The Bertz CT molecular complexity index is 1730. The molecular weight excluding hydrogens is 540 g/mol. The van der Waals surface area contributed by atoms with Gasteiger partial charge in [-0.05, 0) is 54.3 Å². The molecule has 3 aromatic carbocycles. The molecule has 8 heteroatoms. The van der Waals surface area contributed by atoms with Crippen LogP contribution in [0.15, 0.2) is 102 Å². The summed E-state index contributed by atoms with van der Waals surface area (Å²) in [4.78, 5) is 41.2. The van der Waals surface area contributed by atoms with E-state index < -0.39 is 0 Å². The summed E-state index contributed by atoms with van der Waals surface area (Å²) in [5, 5.41) is 6.01. The van der Waals surface area contributed by atoms with Crippen molar-refractivity contribution < 1.29 is 14.3 Å². The molecule has 2 amide bonds. The molecule has 4 aromatic rings. The Morgan fingerprint density at radius 2 is 1.74 bits per heavy atom. The van der Waals surface area contributed by atoms with E-state index in [0.29, 0.717) is 42.6 Å². The Balaban J connectivity index is 1.27. The second-order valence-corrected chi connectivity index (χ2v) is 11.1. The van der Waals surface area contributed by atoms with Crippen molar-refractivity contribution >= 4 is 29.3 Å². The molecule has 0 aliphatic carbocycles. The lowest BCUT2D eigenvalue weighted by Gasteiger charge is -2.44. The van der Waals surface area contributed by atoms with Crippen molar-refractivity contribution in [2.24, 2.45) is 5.92 Å². The number of rotatable bonds is 8. The van der Waals surface area contributed by atoms with Gasteiger partial charge in [0.15, 0.2) is 0 Å². The molecule has 1 fully saturated rings. The lowest BCUT2D eigenvalue weighted by molar-refractivity contribution is -0.111. The van der Waals surface area contributed by atoms with Crippen molar-refractivity contribution in [3.05, 3.63) is 130 Å². The van der Waals surface area contributed by atoms with E-state index in [1.165, 1.54) is 6.08 Å². The van der Waals surface area contributed by atoms with Crippen LogP contribution in [0.5, 0.6) is 5.75 Å². The highest BCUT2D eigenvalue weighted by Gasteiger charge is 2.35. The van der Waals surface area contributed by atoms with Crippen LogP contribution in [-0.2, 0) is 17.9 Å². The third-order valence-electron chi connectivity index (χ3n) is 8.20. The van der Waals surface area contributed by atoms with E-state index in [-0.39, 0.29) is 23.3 Å². The van der Waals surface area contributed by atoms with Crippen LogP contribution in [0.4, 0.5) is 11.4 Å². The third-order valence-corrected chi connectivity index (χ3v) is 8.20. The summed E-state index contributed by atoms with van der Waals surface area (Å²) in [7, 11) is 1.60. The van der Waals surface area contributed by atoms with Crippen LogP contribution in [0, 0.1) is 5.92 Å². The standard InChI is InChI=1S/C35H34N4O4/c1-43-32-12-6-5-10-27(32)20-36-35(42)26-15-16-31(29(19-26)37-33(40)17-14-24-8-3-2-4-9-24)38-21-25-18-28(23-38)30-11-7-13-34(41)39(30)22-25/h2-17,19,25,28H,18,20-23H2,1H3,(H,36,42)(H,37,40). The van der Waals surface area contributed by atoms with Gasteiger partial charge in [0, 0.05) is 61.1 Å². The molecule has 2 bridgehead atoms. The molecule has 0 radical (unpaired) electrons. The number of ether oxygens (including phenoxy) is 1. The van der Waals surface area contributed by atoms with Gasteiger partial charge in [0.1, 0.15) is 5.75 Å². The fraction of sp³-hybridized carbons (Fsp3) is 0.229. The number of carbonyl (C=O) groups is 2. The summed E-state index contributed by atoms with van der Waals surface area (Å²) in [6.07, 6.45) is 4.28. The number of benzene rings is 3. The molecule has 6 rings (SSSR count). The Morgan fingerprint density at radius 3 is 2.58 bits per heavy atom. The van der Waals surface area contributed by atoms with E-state index in [1.54, 1.807) is 31.4 Å². The van der Waals surface area contributed by atoms with E-state index in [4.69, 9.17) is 4.74 Å². The molecule has 0 spiro atoms. The second-order valence-electron chi connectivity index (χ2n) is 11.1. The number of nitrogens with one attached hydrogen (secondary N) is 2. The smallest absolute Gasteiger partial charge is 0.251 e. The maximum absolute atomic E-state index is 13.3. The number of nitrogens with zero attached hydrogens (tertiary/aromatic N) is 2. The molecule has 218 valence electrons. The first-order valence-electron chi connectivity index (χ1n) is 14.5.